The number of anilines is 2. The lowest BCUT2D eigenvalue weighted by molar-refractivity contribution is -0.138. The molecule has 4 aliphatic carbocycles. The van der Waals surface area contributed by atoms with E-state index in [0.29, 0.717) is 23.4 Å². The van der Waals surface area contributed by atoms with E-state index in [0.717, 1.165) is 73.7 Å². The number of benzene rings is 4. The predicted molar refractivity (Wildman–Crippen MR) is 260 cm³/mol. The number of H-pyrrole nitrogens is 1. The molecule has 4 saturated carbocycles. The summed E-state index contributed by atoms with van der Waals surface area (Å²) in [7, 11) is 0. The van der Waals surface area contributed by atoms with E-state index in [-0.39, 0.29) is 97.4 Å². The third kappa shape index (κ3) is 6.91. The van der Waals surface area contributed by atoms with Crippen molar-refractivity contribution in [1.29, 1.82) is 0 Å². The van der Waals surface area contributed by atoms with Crippen molar-refractivity contribution < 1.29 is 50.3 Å². The zero-order valence-electron chi connectivity index (χ0n) is 37.3. The Kier molecular flexibility index (Phi) is 10.7. The molecule has 6 fully saturated rings. The van der Waals surface area contributed by atoms with Gasteiger partial charge in [-0.15, -0.1) is 23.5 Å². The molecule has 5 aliphatic heterocycles. The molecule has 14 atom stereocenters. The predicted octanol–water partition coefficient (Wildman–Crippen LogP) is 11.0. The Hall–Kier alpha value is -5.37. The van der Waals surface area contributed by atoms with Crippen LogP contribution < -0.4 is 14.7 Å². The number of hydrogen-bond donors (Lipinski definition) is 1. The average Bonchev–Trinajstić information content (AvgIpc) is 4.25. The van der Waals surface area contributed by atoms with Gasteiger partial charge in [-0.1, -0.05) is 83.8 Å². The standard InChI is InChI=1S/C27H20F3NO3S2.C26H19F3N2O3S2/c28-27(29,30)13-8-6-12(7-9-13)19-20-15-10-16(23(20)35-17-11-18(32)36-24(17)19)22-21(15)25(33)31(26(22)34)14-4-2-1-3-5-14;27-26(28,29)12-8-6-11(7-9-12)16-17-14-10-15(20(17)35-22-21(16)36-25(34)30-22)19-18(14)23(32)31(24(19)33)13-4-2-1-3-5-13/h1-9,15-16,19-23H,10-11H2;1-9,14-20H,10H2,(H,30,34)/t15-,16-,19-,20-,21+,22-,23-;14-,15-,16-,17-,18+,19-,20-/m10/s1. The van der Waals surface area contributed by atoms with Gasteiger partial charge >= 0.3 is 17.2 Å². The summed E-state index contributed by atoms with van der Waals surface area (Å²) in [6, 6.07) is 28.3. The number of alkyl halides is 6. The van der Waals surface area contributed by atoms with Gasteiger partial charge in [0.2, 0.25) is 23.6 Å². The summed E-state index contributed by atoms with van der Waals surface area (Å²) in [5.74, 6) is -3.11. The van der Waals surface area contributed by atoms with E-state index < -0.39 is 41.2 Å². The lowest BCUT2D eigenvalue weighted by Crippen LogP contribution is -2.42. The fraction of sp³-hybridized carbons (Fsp3) is 0.358. The molecule has 0 spiro atoms. The molecular weight excluding hydrogens is 1020 g/mol. The first-order valence-corrected chi connectivity index (χ1v) is 27.1. The molecule has 368 valence electrons. The van der Waals surface area contributed by atoms with Crippen LogP contribution in [0.3, 0.4) is 0 Å². The number of aromatic nitrogens is 1. The van der Waals surface area contributed by atoms with Gasteiger partial charge in [-0.3, -0.25) is 38.6 Å². The van der Waals surface area contributed by atoms with Crippen LogP contribution in [0.5, 0.6) is 0 Å². The maximum Gasteiger partial charge on any atom is 0.416 e. The van der Waals surface area contributed by atoms with Crippen molar-refractivity contribution in [1.82, 2.24) is 4.98 Å². The van der Waals surface area contributed by atoms with Crippen molar-refractivity contribution in [2.45, 2.75) is 59.0 Å². The summed E-state index contributed by atoms with van der Waals surface area (Å²) >= 11 is 5.51. The molecule has 0 unspecified atom stereocenters. The minimum Gasteiger partial charge on any atom is -0.307 e. The third-order valence-electron chi connectivity index (χ3n) is 16.9. The Bertz CT molecular complexity index is 3220. The number of carbonyl (C=O) groups is 5. The van der Waals surface area contributed by atoms with E-state index in [2.05, 4.69) is 4.98 Å². The van der Waals surface area contributed by atoms with Gasteiger partial charge in [0.05, 0.1) is 51.2 Å². The number of hydrogen-bond acceptors (Lipinski definition) is 10. The van der Waals surface area contributed by atoms with Crippen LogP contribution >= 0.6 is 46.6 Å². The SMILES string of the molecule is O=C1CC2=C(S1)[C@H](c1ccc(C(F)(F)F)cc1)[C@H]1[C@H]3C[C@@H]([C@H]1S2)[C@H]1C(=O)N(c2ccccc2)C(=O)[C@@H]31.O=C1[C@@H]2[C@H]3C[C@H]([C@@H]4Sc5[nH]c(=O)sc5[C@@H](c5ccc(C(F)(F)F)cc5)[C@H]34)[C@@H]2C(=O)N1c1ccccc1. The number of halogens is 6. The lowest BCUT2D eigenvalue weighted by atomic mass is 9.68. The average molecular weight is 1060 g/mol. The number of allylic oxidation sites excluding steroid dienone is 2. The van der Waals surface area contributed by atoms with Gasteiger partial charge in [0.25, 0.3) is 0 Å². The molecule has 2 saturated heterocycles. The summed E-state index contributed by atoms with van der Waals surface area (Å²) in [4.78, 5) is 87.1. The highest BCUT2D eigenvalue weighted by atomic mass is 32.2. The van der Waals surface area contributed by atoms with Crippen LogP contribution in [0.4, 0.5) is 37.7 Å². The van der Waals surface area contributed by atoms with Gasteiger partial charge in [-0.2, -0.15) is 26.3 Å². The van der Waals surface area contributed by atoms with Crippen molar-refractivity contribution in [2.24, 2.45) is 59.2 Å². The van der Waals surface area contributed by atoms with Crippen molar-refractivity contribution in [3.63, 3.8) is 0 Å². The zero-order valence-corrected chi connectivity index (χ0v) is 40.6. The van der Waals surface area contributed by atoms with Gasteiger partial charge in [0, 0.05) is 43.4 Å². The number of thiazole rings is 1. The van der Waals surface area contributed by atoms with Crippen LogP contribution in [0.25, 0.3) is 0 Å². The first-order chi connectivity index (χ1) is 34.5. The summed E-state index contributed by atoms with van der Waals surface area (Å²) < 4.78 is 79.4. The van der Waals surface area contributed by atoms with Crippen molar-refractivity contribution in [2.75, 3.05) is 9.80 Å². The van der Waals surface area contributed by atoms with Crippen LogP contribution in [0.2, 0.25) is 0 Å². The number of carbonyl (C=O) groups excluding carboxylic acids is 5. The third-order valence-corrected chi connectivity index (χ3v) is 22.3. The first-order valence-electron chi connectivity index (χ1n) is 23.7. The van der Waals surface area contributed by atoms with Crippen molar-refractivity contribution in [3.8, 4) is 0 Å². The second-order valence-corrected chi connectivity index (χ2v) is 24.7. The summed E-state index contributed by atoms with van der Waals surface area (Å²) in [6.07, 6.45) is -7.06. The molecule has 4 bridgehead atoms. The molecule has 72 heavy (non-hydrogen) atoms. The molecule has 1 N–H and O–H groups in total. The summed E-state index contributed by atoms with van der Waals surface area (Å²) in [5, 5.41) is 0.825. The molecule has 14 rings (SSSR count). The Morgan fingerprint density at radius 1 is 0.514 bits per heavy atom. The second-order valence-electron chi connectivity index (χ2n) is 20.1. The van der Waals surface area contributed by atoms with E-state index in [4.69, 9.17) is 0 Å². The maximum absolute atomic E-state index is 13.6. The fourth-order valence-electron chi connectivity index (χ4n) is 14.4. The summed E-state index contributed by atoms with van der Waals surface area (Å²) in [5.41, 5.74) is 1.17. The highest BCUT2D eigenvalue weighted by molar-refractivity contribution is 8.18. The minimum absolute atomic E-state index is 0.00577. The van der Waals surface area contributed by atoms with Gasteiger partial charge in [0.15, 0.2) is 5.12 Å². The molecule has 5 aromatic rings. The Labute approximate surface area is 423 Å². The highest BCUT2D eigenvalue weighted by Gasteiger charge is 2.71. The summed E-state index contributed by atoms with van der Waals surface area (Å²) in [6.45, 7) is 0. The number of fused-ring (bicyclic) bond motifs is 17. The topological polar surface area (TPSA) is 125 Å². The molecule has 1 aromatic heterocycles. The smallest absolute Gasteiger partial charge is 0.307 e. The minimum atomic E-state index is -4.44. The molecular formula is C53H39F6N3O6S4. The number of nitrogens with zero attached hydrogens (tertiary/aromatic N) is 2. The van der Waals surface area contributed by atoms with Crippen LogP contribution in [0.15, 0.2) is 129 Å². The van der Waals surface area contributed by atoms with Crippen LogP contribution in [0.1, 0.15) is 58.2 Å². The van der Waals surface area contributed by atoms with Crippen LogP contribution in [-0.4, -0.2) is 44.2 Å². The maximum atomic E-state index is 13.6. The van der Waals surface area contributed by atoms with Gasteiger partial charge < -0.3 is 4.98 Å². The van der Waals surface area contributed by atoms with Gasteiger partial charge in [-0.25, -0.2) is 0 Å². The van der Waals surface area contributed by atoms with Crippen molar-refractivity contribution in [3.05, 3.63) is 156 Å². The van der Waals surface area contributed by atoms with Crippen LogP contribution in [-0.2, 0) is 36.3 Å². The van der Waals surface area contributed by atoms with Gasteiger partial charge in [0.1, 0.15) is 0 Å². The first kappa shape index (κ1) is 46.4. The van der Waals surface area contributed by atoms with Crippen molar-refractivity contribution >= 4 is 86.7 Å². The second kappa shape index (κ2) is 16.6. The Morgan fingerprint density at radius 3 is 1.42 bits per heavy atom. The Morgan fingerprint density at radius 2 is 0.944 bits per heavy atom. The monoisotopic (exact) mass is 1060 g/mol. The Balaban J connectivity index is 0.000000140. The number of aromatic amines is 1. The largest absolute Gasteiger partial charge is 0.416 e. The molecule has 0 radical (unpaired) electrons. The number of rotatable bonds is 4. The van der Waals surface area contributed by atoms with E-state index in [1.807, 2.05) is 12.1 Å². The van der Waals surface area contributed by atoms with E-state index in [9.17, 15) is 55.1 Å². The molecule has 9 nitrogen and oxygen atoms in total. The van der Waals surface area contributed by atoms with Crippen LogP contribution in [0, 0.1) is 59.2 Å². The zero-order chi connectivity index (χ0) is 49.9. The normalized spacial score (nSPS) is 33.7. The fourth-order valence-corrected chi connectivity index (χ4v) is 20.5. The molecule has 4 aromatic carbocycles. The number of imide groups is 2. The molecule has 6 heterocycles. The number of thioether (sulfide) groups is 3. The lowest BCUT2D eigenvalue weighted by Gasteiger charge is -2.44. The van der Waals surface area contributed by atoms with E-state index >= 15 is 0 Å². The molecule has 4 amide bonds. The quantitative estimate of drug-likeness (QED) is 0.138. The van der Waals surface area contributed by atoms with E-state index in [1.54, 1.807) is 72.1 Å². The molecule has 9 aliphatic rings. The number of nitrogens with one attached hydrogen (secondary N) is 1. The van der Waals surface area contributed by atoms with Gasteiger partial charge in [-0.05, 0) is 108 Å². The number of para-hydroxylation sites is 2. The van der Waals surface area contributed by atoms with E-state index in [1.165, 1.54) is 45.8 Å². The molecule has 19 heteroatoms. The number of amides is 4. The highest BCUT2D eigenvalue weighted by Crippen LogP contribution is 2.72.